The Balaban J connectivity index is 1.32. The average molecular weight is 379 g/mol. The zero-order chi connectivity index (χ0) is 18.2. The maximum Gasteiger partial charge on any atom is 0.268 e. The van der Waals surface area contributed by atoms with Crippen LogP contribution in [0.4, 0.5) is 0 Å². The number of fused-ring (bicyclic) bond motifs is 3. The molecular formula is C23H26N2OS. The number of aromatic nitrogens is 1. The summed E-state index contributed by atoms with van der Waals surface area (Å²) in [5.41, 5.74) is 2.20. The second-order valence-electron chi connectivity index (χ2n) is 8.21. The minimum Gasteiger partial charge on any atom is -0.348 e. The van der Waals surface area contributed by atoms with Gasteiger partial charge in [-0.15, -0.1) is 11.3 Å². The summed E-state index contributed by atoms with van der Waals surface area (Å²) in [6, 6.07) is 15.2. The first-order valence-corrected chi connectivity index (χ1v) is 11.1. The number of hydrogen-bond acceptors (Lipinski definition) is 2. The third kappa shape index (κ3) is 3.31. The van der Waals surface area contributed by atoms with Crippen LogP contribution in [-0.2, 0) is 13.0 Å². The van der Waals surface area contributed by atoms with Crippen LogP contribution < -0.4 is 5.32 Å². The maximum absolute atomic E-state index is 13.1. The van der Waals surface area contributed by atoms with E-state index in [2.05, 4.69) is 57.7 Å². The summed E-state index contributed by atoms with van der Waals surface area (Å²) in [4.78, 5) is 14.3. The topological polar surface area (TPSA) is 34.0 Å². The van der Waals surface area contributed by atoms with Crippen LogP contribution >= 0.6 is 11.3 Å². The van der Waals surface area contributed by atoms with Gasteiger partial charge in [-0.05, 0) is 67.0 Å². The Bertz CT molecular complexity index is 942. The number of hydrogen-bond donors (Lipinski definition) is 1. The van der Waals surface area contributed by atoms with E-state index < -0.39 is 0 Å². The van der Waals surface area contributed by atoms with Gasteiger partial charge in [-0.3, -0.25) is 4.79 Å². The minimum absolute atomic E-state index is 0.121. The average Bonchev–Trinajstić information content (AvgIpc) is 3.44. The predicted molar refractivity (Wildman–Crippen MR) is 111 cm³/mol. The van der Waals surface area contributed by atoms with E-state index >= 15 is 0 Å². The van der Waals surface area contributed by atoms with Gasteiger partial charge in [0.1, 0.15) is 10.5 Å². The van der Waals surface area contributed by atoms with Crippen molar-refractivity contribution in [3.8, 4) is 0 Å². The van der Waals surface area contributed by atoms with Gasteiger partial charge in [0.05, 0.1) is 0 Å². The molecule has 0 radical (unpaired) electrons. The normalized spacial score (nSPS) is 23.9. The van der Waals surface area contributed by atoms with Gasteiger partial charge in [0.2, 0.25) is 0 Å². The molecule has 3 aromatic rings. The Kier molecular flexibility index (Phi) is 4.52. The third-order valence-electron chi connectivity index (χ3n) is 6.48. The van der Waals surface area contributed by atoms with Gasteiger partial charge in [-0.2, -0.15) is 0 Å². The Labute approximate surface area is 164 Å². The second-order valence-corrected chi connectivity index (χ2v) is 9.10. The highest BCUT2D eigenvalue weighted by Gasteiger charge is 2.40. The van der Waals surface area contributed by atoms with Crippen molar-refractivity contribution < 1.29 is 4.79 Å². The lowest BCUT2D eigenvalue weighted by Crippen LogP contribution is -2.39. The number of benzene rings is 1. The molecule has 1 amide bonds. The Morgan fingerprint density at radius 1 is 1.15 bits per heavy atom. The van der Waals surface area contributed by atoms with Crippen molar-refractivity contribution in [2.45, 2.75) is 51.1 Å². The molecule has 27 heavy (non-hydrogen) atoms. The van der Waals surface area contributed by atoms with Crippen LogP contribution in [0, 0.1) is 11.8 Å². The molecule has 2 aliphatic rings. The lowest BCUT2D eigenvalue weighted by Gasteiger charge is -2.23. The van der Waals surface area contributed by atoms with Gasteiger partial charge in [0, 0.05) is 18.0 Å². The standard InChI is InChI=1S/C23H26N2OS/c26-22(24-20-14-17-8-9-18(20)13-17)21-15-19-10-12-27-23(19)25(21)11-4-7-16-5-2-1-3-6-16/h1-3,5-6,10,12,15,17-18,20H,4,7-9,11,13-14H2,(H,24,26)/t17-,18-,20+/m0/s1. The van der Waals surface area contributed by atoms with Crippen LogP contribution in [0.25, 0.3) is 10.2 Å². The number of amides is 1. The summed E-state index contributed by atoms with van der Waals surface area (Å²) in [6.45, 7) is 0.887. The molecule has 3 atom stereocenters. The van der Waals surface area contributed by atoms with Crippen LogP contribution in [0.15, 0.2) is 47.8 Å². The molecule has 0 aliphatic heterocycles. The van der Waals surface area contributed by atoms with E-state index in [0.717, 1.165) is 31.0 Å². The van der Waals surface area contributed by atoms with E-state index in [9.17, 15) is 4.79 Å². The highest BCUT2D eigenvalue weighted by molar-refractivity contribution is 7.16. The minimum atomic E-state index is 0.121. The summed E-state index contributed by atoms with van der Waals surface area (Å²) in [6.07, 6.45) is 7.24. The molecule has 2 aliphatic carbocycles. The molecule has 1 N–H and O–H groups in total. The van der Waals surface area contributed by atoms with Gasteiger partial charge in [-0.1, -0.05) is 36.8 Å². The molecule has 0 unspecified atom stereocenters. The smallest absolute Gasteiger partial charge is 0.268 e. The number of aryl methyl sites for hydroxylation is 2. The maximum atomic E-state index is 13.1. The summed E-state index contributed by atoms with van der Waals surface area (Å²) < 4.78 is 2.24. The van der Waals surface area contributed by atoms with E-state index in [1.165, 1.54) is 41.5 Å². The van der Waals surface area contributed by atoms with Crippen molar-refractivity contribution in [1.82, 2.24) is 9.88 Å². The van der Waals surface area contributed by atoms with Gasteiger partial charge >= 0.3 is 0 Å². The molecule has 2 fully saturated rings. The van der Waals surface area contributed by atoms with Crippen molar-refractivity contribution in [2.75, 3.05) is 0 Å². The Morgan fingerprint density at radius 3 is 2.81 bits per heavy atom. The number of nitrogens with one attached hydrogen (secondary N) is 1. The molecule has 3 nitrogen and oxygen atoms in total. The van der Waals surface area contributed by atoms with Crippen molar-refractivity contribution in [1.29, 1.82) is 0 Å². The van der Waals surface area contributed by atoms with Gasteiger partial charge in [-0.25, -0.2) is 0 Å². The van der Waals surface area contributed by atoms with Crippen molar-refractivity contribution in [3.05, 3.63) is 59.1 Å². The number of nitrogens with zero attached hydrogens (tertiary/aromatic N) is 1. The number of thiophene rings is 1. The molecule has 0 saturated heterocycles. The zero-order valence-corrected chi connectivity index (χ0v) is 16.4. The van der Waals surface area contributed by atoms with E-state index in [1.54, 1.807) is 11.3 Å². The van der Waals surface area contributed by atoms with Crippen LogP contribution in [0.2, 0.25) is 0 Å². The first-order valence-electron chi connectivity index (χ1n) is 10.2. The molecule has 2 bridgehead atoms. The number of carbonyl (C=O) groups is 1. The Hall–Kier alpha value is -2.07. The van der Waals surface area contributed by atoms with Crippen molar-refractivity contribution in [3.63, 3.8) is 0 Å². The monoisotopic (exact) mass is 378 g/mol. The fourth-order valence-electron chi connectivity index (χ4n) is 5.13. The first kappa shape index (κ1) is 17.1. The highest BCUT2D eigenvalue weighted by atomic mass is 32.1. The second kappa shape index (κ2) is 7.16. The SMILES string of the molecule is O=C(N[C@@H]1C[C@H]2CC[C@H]1C2)c1cc2ccsc2n1CCCc1ccccc1. The lowest BCUT2D eigenvalue weighted by molar-refractivity contribution is 0.0914. The van der Waals surface area contributed by atoms with E-state index in [-0.39, 0.29) is 5.91 Å². The third-order valence-corrected chi connectivity index (χ3v) is 7.43. The van der Waals surface area contributed by atoms with Crippen LogP contribution in [0.1, 0.15) is 48.2 Å². The molecule has 4 heteroatoms. The summed E-state index contributed by atoms with van der Waals surface area (Å²) in [5, 5.41) is 6.68. The van der Waals surface area contributed by atoms with Gasteiger partial charge in [0.25, 0.3) is 5.91 Å². The largest absolute Gasteiger partial charge is 0.348 e. The van der Waals surface area contributed by atoms with Gasteiger partial charge < -0.3 is 9.88 Å². The summed E-state index contributed by atoms with van der Waals surface area (Å²) in [5.74, 6) is 1.68. The molecule has 140 valence electrons. The van der Waals surface area contributed by atoms with Crippen LogP contribution in [-0.4, -0.2) is 16.5 Å². The summed E-state index contributed by atoms with van der Waals surface area (Å²) >= 11 is 1.74. The van der Waals surface area contributed by atoms with E-state index in [0.29, 0.717) is 12.0 Å². The molecule has 0 spiro atoms. The van der Waals surface area contributed by atoms with E-state index in [1.807, 2.05) is 0 Å². The molecule has 2 aromatic heterocycles. The lowest BCUT2D eigenvalue weighted by atomic mass is 9.95. The quantitative estimate of drug-likeness (QED) is 0.624. The molecule has 5 rings (SSSR count). The van der Waals surface area contributed by atoms with Crippen LogP contribution in [0.5, 0.6) is 0 Å². The van der Waals surface area contributed by atoms with Crippen LogP contribution in [0.3, 0.4) is 0 Å². The predicted octanol–water partition coefficient (Wildman–Crippen LogP) is 5.25. The first-order chi connectivity index (χ1) is 13.3. The number of rotatable bonds is 6. The number of carbonyl (C=O) groups excluding carboxylic acids is 1. The molecule has 1 aromatic carbocycles. The van der Waals surface area contributed by atoms with Crippen molar-refractivity contribution >= 4 is 27.5 Å². The highest BCUT2D eigenvalue weighted by Crippen LogP contribution is 2.44. The fourth-order valence-corrected chi connectivity index (χ4v) is 6.06. The molecule has 2 heterocycles. The van der Waals surface area contributed by atoms with E-state index in [4.69, 9.17) is 0 Å². The fraction of sp³-hybridized carbons (Fsp3) is 0.435. The van der Waals surface area contributed by atoms with Crippen molar-refractivity contribution in [2.24, 2.45) is 11.8 Å². The molecular weight excluding hydrogens is 352 g/mol. The van der Waals surface area contributed by atoms with Gasteiger partial charge in [0.15, 0.2) is 0 Å². The Morgan fingerprint density at radius 2 is 2.04 bits per heavy atom. The molecule has 2 saturated carbocycles. The summed E-state index contributed by atoms with van der Waals surface area (Å²) in [7, 11) is 0. The zero-order valence-electron chi connectivity index (χ0n) is 15.6.